The van der Waals surface area contributed by atoms with Gasteiger partial charge in [0.15, 0.2) is 11.5 Å². The van der Waals surface area contributed by atoms with Crippen molar-refractivity contribution in [2.75, 3.05) is 6.61 Å². The highest BCUT2D eigenvalue weighted by molar-refractivity contribution is 9.11. The molecule has 5 nitrogen and oxygen atoms in total. The number of nitrogens with zero attached hydrogens (tertiary/aromatic N) is 1. The Bertz CT molecular complexity index is 729. The number of ether oxygens (including phenoxy) is 2. The van der Waals surface area contributed by atoms with Crippen LogP contribution >= 0.6 is 27.3 Å². The summed E-state index contributed by atoms with van der Waals surface area (Å²) in [5.41, 5.74) is 3.26. The quantitative estimate of drug-likeness (QED) is 0.656. The number of carbonyl (C=O) groups is 1. The maximum atomic E-state index is 12.1. The number of para-hydroxylation sites is 2. The molecule has 1 amide bonds. The smallest absolute Gasteiger partial charge is 0.284 e. The second-order valence-electron chi connectivity index (χ2n) is 4.64. The van der Waals surface area contributed by atoms with Crippen LogP contribution in [-0.4, -0.2) is 24.3 Å². The number of hydrazone groups is 1. The van der Waals surface area contributed by atoms with E-state index in [9.17, 15) is 4.79 Å². The van der Waals surface area contributed by atoms with Crippen molar-refractivity contribution in [3.63, 3.8) is 0 Å². The summed E-state index contributed by atoms with van der Waals surface area (Å²) >= 11 is 4.95. The summed E-state index contributed by atoms with van der Waals surface area (Å²) < 4.78 is 12.2. The third-order valence-corrected chi connectivity index (χ3v) is 4.80. The maximum Gasteiger partial charge on any atom is 0.284 e. The highest BCUT2D eigenvalue weighted by atomic mass is 79.9. The number of nitrogens with one attached hydrogen (secondary N) is 1. The van der Waals surface area contributed by atoms with Crippen molar-refractivity contribution in [3.8, 4) is 11.5 Å². The SMILES string of the molecule is C/C(=N/NC(=O)[C@@H]1COc2ccccc2O1)c1ccc(Br)s1. The normalized spacial score (nSPS) is 17.2. The first-order chi connectivity index (χ1) is 10.6. The Morgan fingerprint density at radius 1 is 1.32 bits per heavy atom. The molecule has 0 saturated carbocycles. The molecule has 1 aromatic heterocycles. The topological polar surface area (TPSA) is 59.9 Å². The molecule has 2 aromatic rings. The first-order valence-electron chi connectivity index (χ1n) is 6.62. The fourth-order valence-electron chi connectivity index (χ4n) is 1.92. The van der Waals surface area contributed by atoms with Gasteiger partial charge < -0.3 is 9.47 Å². The van der Waals surface area contributed by atoms with Gasteiger partial charge in [-0.15, -0.1) is 11.3 Å². The third-order valence-electron chi connectivity index (χ3n) is 3.06. The summed E-state index contributed by atoms with van der Waals surface area (Å²) in [5.74, 6) is 0.885. The van der Waals surface area contributed by atoms with Gasteiger partial charge in [-0.2, -0.15) is 5.10 Å². The molecule has 0 aliphatic carbocycles. The van der Waals surface area contributed by atoms with Gasteiger partial charge in [-0.3, -0.25) is 4.79 Å². The lowest BCUT2D eigenvalue weighted by Crippen LogP contribution is -2.42. The van der Waals surface area contributed by atoms with Crippen molar-refractivity contribution in [1.82, 2.24) is 5.43 Å². The summed E-state index contributed by atoms with van der Waals surface area (Å²) in [6.45, 7) is 2.01. The lowest BCUT2D eigenvalue weighted by atomic mass is 10.2. The van der Waals surface area contributed by atoms with E-state index in [2.05, 4.69) is 26.5 Å². The maximum absolute atomic E-state index is 12.1. The van der Waals surface area contributed by atoms with Crippen LogP contribution in [0.1, 0.15) is 11.8 Å². The van der Waals surface area contributed by atoms with Crippen LogP contribution in [0.25, 0.3) is 0 Å². The van der Waals surface area contributed by atoms with Gasteiger partial charge >= 0.3 is 0 Å². The number of thiophene rings is 1. The van der Waals surface area contributed by atoms with E-state index in [4.69, 9.17) is 9.47 Å². The second kappa shape index (κ2) is 6.50. The average Bonchev–Trinajstić information content (AvgIpc) is 2.98. The zero-order valence-corrected chi connectivity index (χ0v) is 14.1. The van der Waals surface area contributed by atoms with Crippen molar-refractivity contribution in [3.05, 3.63) is 45.1 Å². The average molecular weight is 381 g/mol. The predicted molar refractivity (Wildman–Crippen MR) is 88.7 cm³/mol. The second-order valence-corrected chi connectivity index (χ2v) is 7.10. The van der Waals surface area contributed by atoms with Gasteiger partial charge in [-0.1, -0.05) is 12.1 Å². The van der Waals surface area contributed by atoms with Gasteiger partial charge in [0.1, 0.15) is 6.61 Å². The highest BCUT2D eigenvalue weighted by Crippen LogP contribution is 2.30. The van der Waals surface area contributed by atoms with Gasteiger partial charge in [0, 0.05) is 0 Å². The van der Waals surface area contributed by atoms with Gasteiger partial charge in [0.2, 0.25) is 6.10 Å². The summed E-state index contributed by atoms with van der Waals surface area (Å²) in [7, 11) is 0. The zero-order chi connectivity index (χ0) is 15.5. The lowest BCUT2D eigenvalue weighted by Gasteiger charge is -2.24. The molecular formula is C15H13BrN2O3S. The Balaban J connectivity index is 1.63. The molecule has 0 saturated heterocycles. The molecule has 7 heteroatoms. The van der Waals surface area contributed by atoms with E-state index in [0.717, 1.165) is 14.4 Å². The van der Waals surface area contributed by atoms with Crippen molar-refractivity contribution in [1.29, 1.82) is 0 Å². The summed E-state index contributed by atoms with van der Waals surface area (Å²) in [5, 5.41) is 4.11. The Morgan fingerprint density at radius 3 is 2.82 bits per heavy atom. The molecule has 0 spiro atoms. The number of hydrogen-bond acceptors (Lipinski definition) is 5. The van der Waals surface area contributed by atoms with E-state index in [1.54, 1.807) is 23.5 Å². The van der Waals surface area contributed by atoms with Crippen LogP contribution in [0.4, 0.5) is 0 Å². The third kappa shape index (κ3) is 3.31. The van der Waals surface area contributed by atoms with Crippen LogP contribution in [0.2, 0.25) is 0 Å². The van der Waals surface area contributed by atoms with Crippen LogP contribution in [0.3, 0.4) is 0 Å². The summed E-state index contributed by atoms with van der Waals surface area (Å²) in [4.78, 5) is 13.1. The predicted octanol–water partition coefficient (Wildman–Crippen LogP) is 3.19. The standard InChI is InChI=1S/C15H13BrN2O3S/c1-9(13-6-7-14(16)22-13)17-18-15(19)12-8-20-10-4-2-3-5-11(10)21-12/h2-7,12H,8H2,1H3,(H,18,19)/b17-9-/t12-/m0/s1. The van der Waals surface area contributed by atoms with Crippen molar-refractivity contribution >= 4 is 38.9 Å². The first-order valence-corrected chi connectivity index (χ1v) is 8.23. The number of amides is 1. The lowest BCUT2D eigenvalue weighted by molar-refractivity contribution is -0.130. The number of benzene rings is 1. The Labute approximate surface area is 140 Å². The number of halogens is 1. The van der Waals surface area contributed by atoms with Gasteiger partial charge in [0.05, 0.1) is 14.4 Å². The molecule has 1 N–H and O–H groups in total. The van der Waals surface area contributed by atoms with Crippen molar-refractivity contribution in [2.24, 2.45) is 5.10 Å². The van der Waals surface area contributed by atoms with Crippen molar-refractivity contribution in [2.45, 2.75) is 13.0 Å². The minimum absolute atomic E-state index is 0.169. The number of rotatable bonds is 3. The largest absolute Gasteiger partial charge is 0.485 e. The van der Waals surface area contributed by atoms with E-state index < -0.39 is 6.10 Å². The number of hydrogen-bond donors (Lipinski definition) is 1. The molecule has 22 heavy (non-hydrogen) atoms. The minimum atomic E-state index is -0.707. The van der Waals surface area contributed by atoms with Crippen LogP contribution in [0.15, 0.2) is 45.3 Å². The number of carbonyl (C=O) groups excluding carboxylic acids is 1. The van der Waals surface area contributed by atoms with Gasteiger partial charge in [0.25, 0.3) is 5.91 Å². The monoisotopic (exact) mass is 380 g/mol. The van der Waals surface area contributed by atoms with Crippen LogP contribution in [-0.2, 0) is 4.79 Å². The molecule has 3 rings (SSSR count). The molecule has 0 fully saturated rings. The van der Waals surface area contributed by atoms with Gasteiger partial charge in [-0.25, -0.2) is 5.43 Å². The van der Waals surface area contributed by atoms with Crippen LogP contribution in [0.5, 0.6) is 11.5 Å². The van der Waals surface area contributed by atoms with Crippen molar-refractivity contribution < 1.29 is 14.3 Å². The Morgan fingerprint density at radius 2 is 2.09 bits per heavy atom. The molecule has 1 aromatic carbocycles. The van der Waals surface area contributed by atoms with E-state index in [1.165, 1.54) is 0 Å². The van der Waals surface area contributed by atoms with Crippen LogP contribution in [0, 0.1) is 0 Å². The Hall–Kier alpha value is -1.86. The molecule has 0 bridgehead atoms. The molecule has 0 unspecified atom stereocenters. The van der Waals surface area contributed by atoms with E-state index >= 15 is 0 Å². The molecule has 114 valence electrons. The first kappa shape index (κ1) is 15.1. The summed E-state index contributed by atoms with van der Waals surface area (Å²) in [6, 6.07) is 11.1. The van der Waals surface area contributed by atoms with E-state index in [0.29, 0.717) is 11.5 Å². The fraction of sp³-hybridized carbons (Fsp3) is 0.200. The number of fused-ring (bicyclic) bond motifs is 1. The minimum Gasteiger partial charge on any atom is -0.485 e. The molecule has 1 atom stereocenters. The zero-order valence-electron chi connectivity index (χ0n) is 11.7. The molecule has 2 heterocycles. The van der Waals surface area contributed by atoms with Crippen LogP contribution < -0.4 is 14.9 Å². The van der Waals surface area contributed by atoms with E-state index in [1.807, 2.05) is 31.2 Å². The highest BCUT2D eigenvalue weighted by Gasteiger charge is 2.27. The Kier molecular flexibility index (Phi) is 4.44. The van der Waals surface area contributed by atoms with E-state index in [-0.39, 0.29) is 12.5 Å². The summed E-state index contributed by atoms with van der Waals surface area (Å²) in [6.07, 6.45) is -0.707. The molecular weight excluding hydrogens is 368 g/mol. The van der Waals surface area contributed by atoms with Gasteiger partial charge in [-0.05, 0) is 47.1 Å². The molecule has 1 aliphatic heterocycles. The fourth-order valence-corrected chi connectivity index (χ4v) is 3.25. The molecule has 1 aliphatic rings. The molecule has 0 radical (unpaired) electrons.